The molecule has 2 atom stereocenters. The molecule has 114 valence electrons. The summed E-state index contributed by atoms with van der Waals surface area (Å²) < 4.78 is 28.3. The summed E-state index contributed by atoms with van der Waals surface area (Å²) in [6, 6.07) is 1.20. The SMILES string of the molecule is COCCNCC(C[Si](C)(C)C)C1CCS(=O)(=O)C1. The molecule has 1 fully saturated rings. The fraction of sp³-hybridized carbons (Fsp3) is 1.00. The molecule has 0 bridgehead atoms. The zero-order valence-electron chi connectivity index (χ0n) is 12.7. The van der Waals surface area contributed by atoms with E-state index in [4.69, 9.17) is 4.74 Å². The molecule has 4 nitrogen and oxygen atoms in total. The van der Waals surface area contributed by atoms with Crippen molar-refractivity contribution in [1.82, 2.24) is 5.32 Å². The van der Waals surface area contributed by atoms with Gasteiger partial charge in [0.1, 0.15) is 0 Å². The van der Waals surface area contributed by atoms with E-state index in [0.29, 0.717) is 29.9 Å². The fourth-order valence-corrected chi connectivity index (χ4v) is 6.82. The maximum absolute atomic E-state index is 11.7. The molecule has 1 saturated heterocycles. The Bertz CT molecular complexity index is 365. The van der Waals surface area contributed by atoms with Crippen LogP contribution >= 0.6 is 0 Å². The molecule has 0 spiro atoms. The van der Waals surface area contributed by atoms with Crippen molar-refractivity contribution in [3.05, 3.63) is 0 Å². The average molecular weight is 308 g/mol. The van der Waals surface area contributed by atoms with Crippen molar-refractivity contribution < 1.29 is 13.2 Å². The van der Waals surface area contributed by atoms with E-state index in [1.165, 1.54) is 6.04 Å². The van der Waals surface area contributed by atoms with Crippen LogP contribution in [0.25, 0.3) is 0 Å². The Morgan fingerprint density at radius 2 is 2.05 bits per heavy atom. The summed E-state index contributed by atoms with van der Waals surface area (Å²) in [4.78, 5) is 0. The Morgan fingerprint density at radius 3 is 2.53 bits per heavy atom. The number of ether oxygens (including phenoxy) is 1. The van der Waals surface area contributed by atoms with Gasteiger partial charge < -0.3 is 10.1 Å². The number of methoxy groups -OCH3 is 1. The van der Waals surface area contributed by atoms with Crippen LogP contribution in [-0.2, 0) is 14.6 Å². The Labute approximate surface area is 119 Å². The maximum atomic E-state index is 11.7. The van der Waals surface area contributed by atoms with Gasteiger partial charge in [-0.2, -0.15) is 0 Å². The van der Waals surface area contributed by atoms with Gasteiger partial charge in [0.25, 0.3) is 0 Å². The standard InChI is InChI=1S/C13H29NO3SSi/c1-17-7-6-14-9-13(11-19(2,3)4)12-5-8-18(15,16)10-12/h12-14H,5-11H2,1-4H3. The van der Waals surface area contributed by atoms with Crippen LogP contribution in [0.3, 0.4) is 0 Å². The molecule has 0 aromatic heterocycles. The molecule has 6 heteroatoms. The lowest BCUT2D eigenvalue weighted by atomic mass is 9.93. The quantitative estimate of drug-likeness (QED) is 0.547. The molecule has 1 aliphatic rings. The van der Waals surface area contributed by atoms with E-state index in [2.05, 4.69) is 25.0 Å². The summed E-state index contributed by atoms with van der Waals surface area (Å²) in [6.45, 7) is 9.56. The van der Waals surface area contributed by atoms with Gasteiger partial charge in [-0.1, -0.05) is 25.7 Å². The van der Waals surface area contributed by atoms with Gasteiger partial charge >= 0.3 is 0 Å². The van der Waals surface area contributed by atoms with Crippen molar-refractivity contribution in [3.8, 4) is 0 Å². The van der Waals surface area contributed by atoms with Crippen LogP contribution < -0.4 is 5.32 Å². The van der Waals surface area contributed by atoms with Crippen molar-refractivity contribution in [3.63, 3.8) is 0 Å². The third kappa shape index (κ3) is 6.88. The predicted molar refractivity (Wildman–Crippen MR) is 83.1 cm³/mol. The third-order valence-electron chi connectivity index (χ3n) is 3.70. The van der Waals surface area contributed by atoms with E-state index < -0.39 is 17.9 Å². The minimum absolute atomic E-state index is 0.353. The van der Waals surface area contributed by atoms with Crippen LogP contribution in [0.5, 0.6) is 0 Å². The molecule has 1 N–H and O–H groups in total. The fourth-order valence-electron chi connectivity index (χ4n) is 2.85. The highest BCUT2D eigenvalue weighted by Crippen LogP contribution is 2.31. The lowest BCUT2D eigenvalue weighted by Gasteiger charge is -2.29. The summed E-state index contributed by atoms with van der Waals surface area (Å²) in [6.07, 6.45) is 0.851. The van der Waals surface area contributed by atoms with Crippen molar-refractivity contribution >= 4 is 17.9 Å². The van der Waals surface area contributed by atoms with Gasteiger partial charge in [-0.25, -0.2) is 8.42 Å². The number of hydrogen-bond donors (Lipinski definition) is 1. The van der Waals surface area contributed by atoms with Crippen molar-refractivity contribution in [2.45, 2.75) is 32.1 Å². The molecule has 0 amide bonds. The first kappa shape index (κ1) is 17.1. The van der Waals surface area contributed by atoms with Gasteiger partial charge in [0.15, 0.2) is 9.84 Å². The van der Waals surface area contributed by atoms with Crippen LogP contribution in [0.4, 0.5) is 0 Å². The van der Waals surface area contributed by atoms with Crippen LogP contribution in [0, 0.1) is 11.8 Å². The molecule has 0 aliphatic carbocycles. The molecule has 0 radical (unpaired) electrons. The zero-order chi connectivity index (χ0) is 14.5. The molecular weight excluding hydrogens is 278 g/mol. The predicted octanol–water partition coefficient (Wildman–Crippen LogP) is 1.61. The molecule has 0 saturated carbocycles. The van der Waals surface area contributed by atoms with Gasteiger partial charge in [0.05, 0.1) is 18.1 Å². The Morgan fingerprint density at radius 1 is 1.37 bits per heavy atom. The highest BCUT2D eigenvalue weighted by Gasteiger charge is 2.35. The number of sulfone groups is 1. The van der Waals surface area contributed by atoms with E-state index in [-0.39, 0.29) is 0 Å². The summed E-state index contributed by atoms with van der Waals surface area (Å²) >= 11 is 0. The van der Waals surface area contributed by atoms with Gasteiger partial charge in [-0.15, -0.1) is 0 Å². The molecular formula is C13H29NO3SSi. The zero-order valence-corrected chi connectivity index (χ0v) is 14.6. The van der Waals surface area contributed by atoms with Gasteiger partial charge in [-0.05, 0) is 24.8 Å². The maximum Gasteiger partial charge on any atom is 0.150 e. The minimum atomic E-state index is -2.77. The van der Waals surface area contributed by atoms with Crippen LogP contribution in [-0.4, -0.2) is 54.8 Å². The summed E-state index contributed by atoms with van der Waals surface area (Å²) in [5, 5.41) is 3.42. The highest BCUT2D eigenvalue weighted by atomic mass is 32.2. The summed E-state index contributed by atoms with van der Waals surface area (Å²) in [5.74, 6) is 1.64. The van der Waals surface area contributed by atoms with Gasteiger partial charge in [0.2, 0.25) is 0 Å². The first-order valence-corrected chi connectivity index (χ1v) is 12.7. The van der Waals surface area contributed by atoms with Crippen molar-refractivity contribution in [2.75, 3.05) is 38.3 Å². The highest BCUT2D eigenvalue weighted by molar-refractivity contribution is 7.91. The van der Waals surface area contributed by atoms with E-state index in [9.17, 15) is 8.42 Å². The summed E-state index contributed by atoms with van der Waals surface area (Å²) in [5.41, 5.74) is 0. The van der Waals surface area contributed by atoms with E-state index >= 15 is 0 Å². The van der Waals surface area contributed by atoms with Crippen molar-refractivity contribution in [1.29, 1.82) is 0 Å². The molecule has 1 heterocycles. The lowest BCUT2D eigenvalue weighted by Crippen LogP contribution is -2.36. The molecule has 1 rings (SSSR count). The molecule has 2 unspecified atom stereocenters. The molecule has 1 aliphatic heterocycles. The first-order valence-electron chi connectivity index (χ1n) is 7.13. The number of hydrogen-bond acceptors (Lipinski definition) is 4. The second-order valence-corrected chi connectivity index (χ2v) is 14.6. The normalized spacial score (nSPS) is 24.5. The van der Waals surface area contributed by atoms with E-state index in [1.807, 2.05) is 0 Å². The summed E-state index contributed by atoms with van der Waals surface area (Å²) in [7, 11) is -2.24. The molecule has 0 aromatic carbocycles. The van der Waals surface area contributed by atoms with Crippen LogP contribution in [0.15, 0.2) is 0 Å². The number of nitrogens with one attached hydrogen (secondary N) is 1. The first-order chi connectivity index (χ1) is 8.73. The molecule has 0 aromatic rings. The smallest absolute Gasteiger partial charge is 0.150 e. The largest absolute Gasteiger partial charge is 0.383 e. The average Bonchev–Trinajstić information content (AvgIpc) is 2.62. The Balaban J connectivity index is 2.54. The van der Waals surface area contributed by atoms with E-state index in [1.54, 1.807) is 7.11 Å². The Hall–Kier alpha value is 0.0869. The van der Waals surface area contributed by atoms with Crippen LogP contribution in [0.2, 0.25) is 25.7 Å². The monoisotopic (exact) mass is 307 g/mol. The second kappa shape index (κ2) is 7.20. The second-order valence-electron chi connectivity index (χ2n) is 6.88. The number of rotatable bonds is 8. The van der Waals surface area contributed by atoms with Gasteiger partial charge in [-0.3, -0.25) is 0 Å². The third-order valence-corrected chi connectivity index (χ3v) is 7.24. The van der Waals surface area contributed by atoms with Gasteiger partial charge in [0, 0.05) is 21.7 Å². The minimum Gasteiger partial charge on any atom is -0.383 e. The topological polar surface area (TPSA) is 55.4 Å². The van der Waals surface area contributed by atoms with Crippen molar-refractivity contribution in [2.24, 2.45) is 11.8 Å². The molecule has 19 heavy (non-hydrogen) atoms. The Kier molecular flexibility index (Phi) is 6.49. The van der Waals surface area contributed by atoms with E-state index in [0.717, 1.165) is 19.5 Å². The van der Waals surface area contributed by atoms with Crippen LogP contribution in [0.1, 0.15) is 6.42 Å². The lowest BCUT2D eigenvalue weighted by molar-refractivity contribution is 0.196.